The average Bonchev–Trinajstić information content (AvgIpc) is 2.59. The van der Waals surface area contributed by atoms with Crippen LogP contribution in [0.4, 0.5) is 17.1 Å². The third-order valence-corrected chi connectivity index (χ3v) is 5.27. The Hall–Kier alpha value is -3.38. The number of benzene rings is 2. The molecule has 0 aromatic heterocycles. The van der Waals surface area contributed by atoms with Gasteiger partial charge >= 0.3 is 0 Å². The highest BCUT2D eigenvalue weighted by Crippen LogP contribution is 2.26. The number of carbonyl (C=O) groups excluding carboxylic acids is 1. The number of anilines is 1. The molecule has 0 aliphatic heterocycles. The SMILES string of the molecule is CC(C)(C)NS(=O)(=O)c1ccc(NC(=O)c2ccc([N+](=O)[O-])cc2[N+](=O)[O-])cc1. The average molecular weight is 422 g/mol. The van der Waals surface area contributed by atoms with Crippen molar-refractivity contribution in [2.45, 2.75) is 31.2 Å². The molecule has 0 radical (unpaired) electrons. The summed E-state index contributed by atoms with van der Waals surface area (Å²) in [6, 6.07) is 7.86. The number of nitro groups is 2. The number of non-ortho nitro benzene ring substituents is 1. The van der Waals surface area contributed by atoms with Gasteiger partial charge in [-0.1, -0.05) is 0 Å². The summed E-state index contributed by atoms with van der Waals surface area (Å²) in [4.78, 5) is 32.6. The van der Waals surface area contributed by atoms with Gasteiger partial charge in [0.15, 0.2) is 0 Å². The number of carbonyl (C=O) groups is 1. The molecule has 0 aliphatic carbocycles. The Balaban J connectivity index is 2.26. The molecule has 1 amide bonds. The van der Waals surface area contributed by atoms with E-state index >= 15 is 0 Å². The topological polar surface area (TPSA) is 162 Å². The second kappa shape index (κ2) is 7.93. The lowest BCUT2D eigenvalue weighted by Gasteiger charge is -2.20. The molecule has 0 bridgehead atoms. The van der Waals surface area contributed by atoms with Crippen LogP contribution in [0, 0.1) is 20.2 Å². The van der Waals surface area contributed by atoms with E-state index in [-0.39, 0.29) is 16.1 Å². The number of nitrogens with one attached hydrogen (secondary N) is 2. The van der Waals surface area contributed by atoms with Crippen LogP contribution < -0.4 is 10.0 Å². The second-order valence-electron chi connectivity index (χ2n) is 7.05. The summed E-state index contributed by atoms with van der Waals surface area (Å²) in [6.07, 6.45) is 0. The van der Waals surface area contributed by atoms with Gasteiger partial charge in [0.05, 0.1) is 20.8 Å². The number of hydrogen-bond donors (Lipinski definition) is 2. The fourth-order valence-corrected chi connectivity index (χ4v) is 3.77. The molecular weight excluding hydrogens is 404 g/mol. The predicted molar refractivity (Wildman–Crippen MR) is 104 cm³/mol. The molecule has 154 valence electrons. The Morgan fingerprint density at radius 1 is 0.966 bits per heavy atom. The largest absolute Gasteiger partial charge is 0.322 e. The highest BCUT2D eigenvalue weighted by Gasteiger charge is 2.25. The van der Waals surface area contributed by atoms with Crippen molar-refractivity contribution < 1.29 is 23.1 Å². The summed E-state index contributed by atoms with van der Waals surface area (Å²) in [5.41, 5.74) is -2.09. The molecule has 0 fully saturated rings. The summed E-state index contributed by atoms with van der Waals surface area (Å²) in [7, 11) is -3.76. The van der Waals surface area contributed by atoms with E-state index in [9.17, 15) is 33.4 Å². The van der Waals surface area contributed by atoms with Crippen molar-refractivity contribution in [3.8, 4) is 0 Å². The van der Waals surface area contributed by atoms with Gasteiger partial charge in [0.2, 0.25) is 10.0 Å². The van der Waals surface area contributed by atoms with Crippen LogP contribution in [-0.4, -0.2) is 29.7 Å². The van der Waals surface area contributed by atoms with Crippen molar-refractivity contribution in [2.24, 2.45) is 0 Å². The third kappa shape index (κ3) is 5.56. The lowest BCUT2D eigenvalue weighted by Crippen LogP contribution is -2.40. The van der Waals surface area contributed by atoms with E-state index in [4.69, 9.17) is 0 Å². The van der Waals surface area contributed by atoms with Gasteiger partial charge in [0.1, 0.15) is 5.56 Å². The van der Waals surface area contributed by atoms with E-state index in [1.807, 2.05) is 0 Å². The fourth-order valence-electron chi connectivity index (χ4n) is 2.35. The van der Waals surface area contributed by atoms with Crippen molar-refractivity contribution in [3.63, 3.8) is 0 Å². The zero-order chi connectivity index (χ0) is 22.0. The predicted octanol–water partition coefficient (Wildman–Crippen LogP) is 2.83. The molecule has 0 unspecified atom stereocenters. The number of sulfonamides is 1. The molecule has 2 rings (SSSR count). The van der Waals surface area contributed by atoms with Crippen molar-refractivity contribution in [1.82, 2.24) is 4.72 Å². The van der Waals surface area contributed by atoms with Crippen LogP contribution in [0.25, 0.3) is 0 Å². The third-order valence-electron chi connectivity index (χ3n) is 3.50. The number of nitrogens with zero attached hydrogens (tertiary/aromatic N) is 2. The summed E-state index contributed by atoms with van der Waals surface area (Å²) in [6.45, 7) is 5.07. The summed E-state index contributed by atoms with van der Waals surface area (Å²) >= 11 is 0. The second-order valence-corrected chi connectivity index (χ2v) is 8.73. The Labute approximate surface area is 166 Å². The molecule has 2 N–H and O–H groups in total. The van der Waals surface area contributed by atoms with E-state index < -0.39 is 42.7 Å². The smallest absolute Gasteiger partial charge is 0.289 e. The minimum Gasteiger partial charge on any atom is -0.322 e. The molecule has 0 saturated heterocycles. The van der Waals surface area contributed by atoms with E-state index in [1.165, 1.54) is 24.3 Å². The summed E-state index contributed by atoms with van der Waals surface area (Å²) < 4.78 is 27.0. The monoisotopic (exact) mass is 422 g/mol. The highest BCUT2D eigenvalue weighted by molar-refractivity contribution is 7.89. The van der Waals surface area contributed by atoms with Gasteiger partial charge in [-0.3, -0.25) is 25.0 Å². The molecule has 0 heterocycles. The number of amides is 1. The van der Waals surface area contributed by atoms with Crippen molar-refractivity contribution in [1.29, 1.82) is 0 Å². The Morgan fingerprint density at radius 2 is 1.55 bits per heavy atom. The highest BCUT2D eigenvalue weighted by atomic mass is 32.2. The maximum Gasteiger partial charge on any atom is 0.289 e. The molecule has 0 saturated carbocycles. The van der Waals surface area contributed by atoms with Crippen LogP contribution in [-0.2, 0) is 10.0 Å². The first-order valence-electron chi connectivity index (χ1n) is 8.18. The minimum absolute atomic E-state index is 0.0215. The zero-order valence-electron chi connectivity index (χ0n) is 15.7. The van der Waals surface area contributed by atoms with Gasteiger partial charge < -0.3 is 5.32 Å². The Morgan fingerprint density at radius 3 is 2.03 bits per heavy atom. The number of hydrogen-bond acceptors (Lipinski definition) is 7. The number of rotatable bonds is 6. The van der Waals surface area contributed by atoms with E-state index in [1.54, 1.807) is 20.8 Å². The van der Waals surface area contributed by atoms with Crippen molar-refractivity contribution in [2.75, 3.05) is 5.32 Å². The molecule has 2 aromatic carbocycles. The van der Waals surface area contributed by atoms with Gasteiger partial charge in [-0.05, 0) is 51.1 Å². The van der Waals surface area contributed by atoms with Crippen LogP contribution in [0.15, 0.2) is 47.4 Å². The van der Waals surface area contributed by atoms with E-state index in [2.05, 4.69) is 10.0 Å². The van der Waals surface area contributed by atoms with Gasteiger partial charge in [0, 0.05) is 17.3 Å². The number of nitro benzene ring substituents is 2. The molecular formula is C17H18N4O7S. The van der Waals surface area contributed by atoms with Crippen LogP contribution >= 0.6 is 0 Å². The first-order chi connectivity index (χ1) is 13.3. The minimum atomic E-state index is -3.76. The van der Waals surface area contributed by atoms with Crippen LogP contribution in [0.1, 0.15) is 31.1 Å². The maximum absolute atomic E-state index is 12.4. The van der Waals surface area contributed by atoms with Gasteiger partial charge in [-0.2, -0.15) is 0 Å². The standard InChI is InChI=1S/C17H18N4O7S/c1-17(2,3)19-29(27,28)13-7-4-11(5-8-13)18-16(22)14-9-6-12(20(23)24)10-15(14)21(25)26/h4-10,19H,1-3H3,(H,18,22). The van der Waals surface area contributed by atoms with Gasteiger partial charge in [-0.15, -0.1) is 0 Å². The zero-order valence-corrected chi connectivity index (χ0v) is 16.5. The molecule has 11 nitrogen and oxygen atoms in total. The van der Waals surface area contributed by atoms with E-state index in [0.717, 1.165) is 12.1 Å². The van der Waals surface area contributed by atoms with Crippen LogP contribution in [0.2, 0.25) is 0 Å². The van der Waals surface area contributed by atoms with Crippen molar-refractivity contribution in [3.05, 3.63) is 68.3 Å². The lowest BCUT2D eigenvalue weighted by molar-refractivity contribution is -0.394. The molecule has 2 aromatic rings. The van der Waals surface area contributed by atoms with Crippen LogP contribution in [0.3, 0.4) is 0 Å². The fraction of sp³-hybridized carbons (Fsp3) is 0.235. The Kier molecular flexibility index (Phi) is 5.99. The molecule has 29 heavy (non-hydrogen) atoms. The first-order valence-corrected chi connectivity index (χ1v) is 9.67. The maximum atomic E-state index is 12.4. The Bertz CT molecular complexity index is 1070. The summed E-state index contributed by atoms with van der Waals surface area (Å²) in [5, 5.41) is 24.3. The van der Waals surface area contributed by atoms with Crippen molar-refractivity contribution >= 4 is 33.0 Å². The summed E-state index contributed by atoms with van der Waals surface area (Å²) in [5.74, 6) is -0.866. The normalized spacial score (nSPS) is 11.7. The van der Waals surface area contributed by atoms with E-state index in [0.29, 0.717) is 6.07 Å². The lowest BCUT2D eigenvalue weighted by atomic mass is 10.1. The molecule has 12 heteroatoms. The molecule has 0 aliphatic rings. The quantitative estimate of drug-likeness (QED) is 0.534. The van der Waals surface area contributed by atoms with Gasteiger partial charge in [-0.25, -0.2) is 13.1 Å². The van der Waals surface area contributed by atoms with Crippen LogP contribution in [0.5, 0.6) is 0 Å². The van der Waals surface area contributed by atoms with Gasteiger partial charge in [0.25, 0.3) is 17.3 Å². The first kappa shape index (κ1) is 21.9. The molecule has 0 spiro atoms. The molecule has 0 atom stereocenters.